The van der Waals surface area contributed by atoms with Crippen molar-refractivity contribution in [1.29, 1.82) is 0 Å². The lowest BCUT2D eigenvalue weighted by Crippen LogP contribution is -2.15. The standard InChI is InChI=1S/C12H19NO3/c1-8(2)16-12-6-9(10(13)7-14)4-5-11(12)15-3/h4-6,8,10,14H,7,13H2,1-3H3/t10-/m1/s1. The SMILES string of the molecule is COc1ccc([C@H](N)CO)cc1OC(C)C. The van der Waals surface area contributed by atoms with Crippen molar-refractivity contribution in [3.63, 3.8) is 0 Å². The van der Waals surface area contributed by atoms with Crippen LogP contribution in [0.4, 0.5) is 0 Å². The summed E-state index contributed by atoms with van der Waals surface area (Å²) in [5, 5.41) is 8.99. The van der Waals surface area contributed by atoms with Gasteiger partial charge in [-0.3, -0.25) is 0 Å². The molecule has 4 nitrogen and oxygen atoms in total. The second kappa shape index (κ2) is 5.72. The lowest BCUT2D eigenvalue weighted by atomic mass is 10.1. The predicted molar refractivity (Wildman–Crippen MR) is 62.8 cm³/mol. The van der Waals surface area contributed by atoms with Gasteiger partial charge in [0.1, 0.15) is 0 Å². The quantitative estimate of drug-likeness (QED) is 0.796. The van der Waals surface area contributed by atoms with Crippen molar-refractivity contribution in [3.8, 4) is 11.5 Å². The van der Waals surface area contributed by atoms with Crippen molar-refractivity contribution in [1.82, 2.24) is 0 Å². The Morgan fingerprint density at radius 3 is 2.50 bits per heavy atom. The van der Waals surface area contributed by atoms with Gasteiger partial charge in [-0.15, -0.1) is 0 Å². The molecular formula is C12H19NO3. The fourth-order valence-electron chi connectivity index (χ4n) is 1.38. The van der Waals surface area contributed by atoms with Crippen molar-refractivity contribution in [3.05, 3.63) is 23.8 Å². The third-order valence-electron chi connectivity index (χ3n) is 2.18. The Hall–Kier alpha value is -1.26. The van der Waals surface area contributed by atoms with Crippen LogP contribution in [0, 0.1) is 0 Å². The highest BCUT2D eigenvalue weighted by molar-refractivity contribution is 5.43. The van der Waals surface area contributed by atoms with Gasteiger partial charge < -0.3 is 20.3 Å². The highest BCUT2D eigenvalue weighted by Gasteiger charge is 2.11. The van der Waals surface area contributed by atoms with E-state index in [0.29, 0.717) is 11.5 Å². The second-order valence-corrected chi connectivity index (χ2v) is 3.87. The molecular weight excluding hydrogens is 206 g/mol. The van der Waals surface area contributed by atoms with E-state index in [4.69, 9.17) is 20.3 Å². The van der Waals surface area contributed by atoms with Crippen LogP contribution in [0.25, 0.3) is 0 Å². The maximum Gasteiger partial charge on any atom is 0.161 e. The van der Waals surface area contributed by atoms with Gasteiger partial charge in [-0.05, 0) is 31.5 Å². The van der Waals surface area contributed by atoms with E-state index >= 15 is 0 Å². The van der Waals surface area contributed by atoms with Gasteiger partial charge in [0.05, 0.1) is 25.9 Å². The molecule has 90 valence electrons. The van der Waals surface area contributed by atoms with E-state index in [1.165, 1.54) is 0 Å². The summed E-state index contributed by atoms with van der Waals surface area (Å²) in [6, 6.07) is 5.04. The third-order valence-corrected chi connectivity index (χ3v) is 2.18. The molecule has 0 aliphatic carbocycles. The van der Waals surface area contributed by atoms with Crippen LogP contribution >= 0.6 is 0 Å². The molecule has 3 N–H and O–H groups in total. The lowest BCUT2D eigenvalue weighted by molar-refractivity contribution is 0.229. The molecule has 0 spiro atoms. The lowest BCUT2D eigenvalue weighted by Gasteiger charge is -2.16. The molecule has 0 amide bonds. The minimum Gasteiger partial charge on any atom is -0.493 e. The number of benzene rings is 1. The fraction of sp³-hybridized carbons (Fsp3) is 0.500. The molecule has 0 heterocycles. The van der Waals surface area contributed by atoms with Gasteiger partial charge >= 0.3 is 0 Å². The Balaban J connectivity index is 3.00. The monoisotopic (exact) mass is 225 g/mol. The van der Waals surface area contributed by atoms with Crippen molar-refractivity contribution < 1.29 is 14.6 Å². The van der Waals surface area contributed by atoms with Crippen LogP contribution in [0.3, 0.4) is 0 Å². The number of rotatable bonds is 5. The van der Waals surface area contributed by atoms with Gasteiger partial charge in [0, 0.05) is 0 Å². The zero-order chi connectivity index (χ0) is 12.1. The van der Waals surface area contributed by atoms with Gasteiger partial charge in [0.25, 0.3) is 0 Å². The molecule has 0 aromatic heterocycles. The smallest absolute Gasteiger partial charge is 0.161 e. The molecule has 0 saturated carbocycles. The molecule has 0 radical (unpaired) electrons. The Morgan fingerprint density at radius 2 is 2.00 bits per heavy atom. The molecule has 0 unspecified atom stereocenters. The van der Waals surface area contributed by atoms with E-state index in [2.05, 4.69) is 0 Å². The Labute approximate surface area is 96.0 Å². The van der Waals surface area contributed by atoms with Crippen molar-refractivity contribution >= 4 is 0 Å². The van der Waals surface area contributed by atoms with Gasteiger partial charge in [0.15, 0.2) is 11.5 Å². The van der Waals surface area contributed by atoms with Crippen molar-refractivity contribution in [2.45, 2.75) is 26.0 Å². The summed E-state index contributed by atoms with van der Waals surface area (Å²) in [5.74, 6) is 1.32. The van der Waals surface area contributed by atoms with Crippen LogP contribution in [-0.4, -0.2) is 24.9 Å². The second-order valence-electron chi connectivity index (χ2n) is 3.87. The van der Waals surface area contributed by atoms with E-state index in [-0.39, 0.29) is 18.8 Å². The van der Waals surface area contributed by atoms with Gasteiger partial charge in [-0.25, -0.2) is 0 Å². The van der Waals surface area contributed by atoms with Crippen LogP contribution in [0.5, 0.6) is 11.5 Å². The van der Waals surface area contributed by atoms with Crippen molar-refractivity contribution in [2.75, 3.05) is 13.7 Å². The summed E-state index contributed by atoms with van der Waals surface area (Å²) in [6.45, 7) is 3.80. The van der Waals surface area contributed by atoms with E-state index in [1.807, 2.05) is 19.9 Å². The third kappa shape index (κ3) is 3.12. The molecule has 0 fully saturated rings. The van der Waals surface area contributed by atoms with E-state index < -0.39 is 0 Å². The Morgan fingerprint density at radius 1 is 1.31 bits per heavy atom. The van der Waals surface area contributed by atoms with Crippen LogP contribution in [0.2, 0.25) is 0 Å². The number of nitrogens with two attached hydrogens (primary N) is 1. The molecule has 1 aromatic rings. The maximum absolute atomic E-state index is 8.99. The summed E-state index contributed by atoms with van der Waals surface area (Å²) >= 11 is 0. The van der Waals surface area contributed by atoms with Gasteiger partial charge in [-0.1, -0.05) is 6.07 Å². The van der Waals surface area contributed by atoms with E-state index in [0.717, 1.165) is 5.56 Å². The number of hydrogen-bond acceptors (Lipinski definition) is 4. The first-order valence-electron chi connectivity index (χ1n) is 5.29. The first-order chi connectivity index (χ1) is 7.58. The average molecular weight is 225 g/mol. The van der Waals surface area contributed by atoms with Gasteiger partial charge in [-0.2, -0.15) is 0 Å². The summed E-state index contributed by atoms with van der Waals surface area (Å²) in [4.78, 5) is 0. The van der Waals surface area contributed by atoms with Crippen LogP contribution in [0.15, 0.2) is 18.2 Å². The van der Waals surface area contributed by atoms with Crippen LogP contribution in [-0.2, 0) is 0 Å². The first kappa shape index (κ1) is 12.8. The van der Waals surface area contributed by atoms with E-state index in [9.17, 15) is 0 Å². The highest BCUT2D eigenvalue weighted by Crippen LogP contribution is 2.30. The highest BCUT2D eigenvalue weighted by atomic mass is 16.5. The summed E-state index contributed by atoms with van der Waals surface area (Å²) in [6.07, 6.45) is 0.0644. The van der Waals surface area contributed by atoms with Crippen LogP contribution < -0.4 is 15.2 Å². The van der Waals surface area contributed by atoms with E-state index in [1.54, 1.807) is 19.2 Å². The molecule has 0 bridgehead atoms. The largest absolute Gasteiger partial charge is 0.493 e. The molecule has 1 rings (SSSR count). The number of aliphatic hydroxyl groups is 1. The van der Waals surface area contributed by atoms with Crippen molar-refractivity contribution in [2.24, 2.45) is 5.73 Å². The number of aliphatic hydroxyl groups excluding tert-OH is 1. The number of ether oxygens (including phenoxy) is 2. The maximum atomic E-state index is 8.99. The average Bonchev–Trinajstić information content (AvgIpc) is 2.27. The molecule has 4 heteroatoms. The minimum atomic E-state index is -0.389. The molecule has 1 aromatic carbocycles. The normalized spacial score (nSPS) is 12.6. The number of hydrogen-bond donors (Lipinski definition) is 2. The van der Waals surface area contributed by atoms with Crippen LogP contribution in [0.1, 0.15) is 25.5 Å². The topological polar surface area (TPSA) is 64.7 Å². The molecule has 1 atom stereocenters. The molecule has 16 heavy (non-hydrogen) atoms. The molecule has 0 saturated heterocycles. The molecule has 0 aliphatic heterocycles. The summed E-state index contributed by atoms with van der Waals surface area (Å²) in [5.41, 5.74) is 6.57. The minimum absolute atomic E-state index is 0.0644. The Bertz CT molecular complexity index is 339. The predicted octanol–water partition coefficient (Wildman–Crippen LogP) is 1.47. The molecule has 0 aliphatic rings. The van der Waals surface area contributed by atoms with Gasteiger partial charge in [0.2, 0.25) is 0 Å². The zero-order valence-corrected chi connectivity index (χ0v) is 9.93. The Kier molecular flexibility index (Phi) is 4.58. The number of methoxy groups -OCH3 is 1. The first-order valence-corrected chi connectivity index (χ1v) is 5.29. The summed E-state index contributed by atoms with van der Waals surface area (Å²) in [7, 11) is 1.59. The fourth-order valence-corrected chi connectivity index (χ4v) is 1.38. The summed E-state index contributed by atoms with van der Waals surface area (Å²) < 4.78 is 10.8. The zero-order valence-electron chi connectivity index (χ0n) is 9.93.